The Hall–Kier alpha value is -4.77. The molecule has 10 nitrogen and oxygen atoms in total. The van der Waals surface area contributed by atoms with Crippen molar-refractivity contribution in [2.45, 2.75) is 26.8 Å². The lowest BCUT2D eigenvalue weighted by atomic mass is 10.0. The van der Waals surface area contributed by atoms with Gasteiger partial charge in [0, 0.05) is 17.7 Å². The first kappa shape index (κ1) is 26.8. The number of allylic oxidation sites excluding steroid dienone is 1. The van der Waals surface area contributed by atoms with Gasteiger partial charge < -0.3 is 13.9 Å². The molecule has 5 rings (SSSR count). The molecule has 2 aromatic heterocycles. The first-order chi connectivity index (χ1) is 19.2. The minimum Gasteiger partial charge on any atom is -0.497 e. The molecule has 0 saturated heterocycles. The third-order valence-electron chi connectivity index (χ3n) is 6.50. The fourth-order valence-corrected chi connectivity index (χ4v) is 5.62. The number of esters is 1. The summed E-state index contributed by atoms with van der Waals surface area (Å²) in [6.07, 6.45) is 1.74. The van der Waals surface area contributed by atoms with Crippen molar-refractivity contribution < 1.29 is 23.6 Å². The van der Waals surface area contributed by atoms with Gasteiger partial charge >= 0.3 is 5.97 Å². The van der Waals surface area contributed by atoms with E-state index < -0.39 is 16.9 Å². The second kappa shape index (κ2) is 10.8. The number of aromatic nitrogens is 1. The van der Waals surface area contributed by atoms with Crippen molar-refractivity contribution in [1.82, 2.24) is 4.57 Å². The normalized spacial score (nSPS) is 15.0. The fourth-order valence-electron chi connectivity index (χ4n) is 4.58. The van der Waals surface area contributed by atoms with Crippen molar-refractivity contribution in [1.29, 1.82) is 0 Å². The van der Waals surface area contributed by atoms with Gasteiger partial charge in [0.1, 0.15) is 23.3 Å². The Bertz CT molecular complexity index is 1860. The van der Waals surface area contributed by atoms with Gasteiger partial charge in [-0.1, -0.05) is 29.5 Å². The summed E-state index contributed by atoms with van der Waals surface area (Å²) in [4.78, 5) is 42.8. The highest BCUT2D eigenvalue weighted by Crippen LogP contribution is 2.36. The predicted octanol–water partition coefficient (Wildman–Crippen LogP) is 4.28. The molecule has 204 valence electrons. The first-order valence-corrected chi connectivity index (χ1v) is 13.2. The van der Waals surface area contributed by atoms with Crippen molar-refractivity contribution in [2.75, 3.05) is 13.7 Å². The molecule has 0 amide bonds. The van der Waals surface area contributed by atoms with Gasteiger partial charge in [-0.15, -0.1) is 0 Å². The van der Waals surface area contributed by atoms with Gasteiger partial charge in [0.2, 0.25) is 0 Å². The lowest BCUT2D eigenvalue weighted by Gasteiger charge is -2.22. The highest BCUT2D eigenvalue weighted by molar-refractivity contribution is 7.07. The average Bonchev–Trinajstić information content (AvgIpc) is 3.53. The van der Waals surface area contributed by atoms with E-state index in [-0.39, 0.29) is 23.4 Å². The molecule has 40 heavy (non-hydrogen) atoms. The van der Waals surface area contributed by atoms with Crippen LogP contribution in [0, 0.1) is 17.0 Å². The molecule has 1 atom stereocenters. The summed E-state index contributed by atoms with van der Waals surface area (Å²) in [5.74, 6) is 0.708. The highest BCUT2D eigenvalue weighted by atomic mass is 32.1. The van der Waals surface area contributed by atoms with Crippen molar-refractivity contribution >= 4 is 29.1 Å². The number of nitro groups is 1. The van der Waals surface area contributed by atoms with Crippen LogP contribution in [0.5, 0.6) is 5.75 Å². The standard InChI is InChI=1S/C29H25N3O7S/c1-5-38-28(34)25-17(3)30-29-31(27(33)24(40-29)14-18-7-6-8-20(13-18)37-4)26(25)23-12-11-22(39-23)21-15-19(32(35)36)10-9-16(21)2/h6-15,26H,5H2,1-4H3/b24-14-/t26-/m0/s1. The van der Waals surface area contributed by atoms with Crippen molar-refractivity contribution in [2.24, 2.45) is 4.99 Å². The van der Waals surface area contributed by atoms with Gasteiger partial charge in [-0.3, -0.25) is 19.5 Å². The van der Waals surface area contributed by atoms with Crippen LogP contribution in [-0.2, 0) is 9.53 Å². The number of aryl methyl sites for hydroxylation is 1. The second-order valence-electron chi connectivity index (χ2n) is 9.04. The number of non-ortho nitro benzene ring substituents is 1. The van der Waals surface area contributed by atoms with Crippen molar-refractivity contribution in [3.05, 3.63) is 113 Å². The van der Waals surface area contributed by atoms with Gasteiger partial charge in [-0.05, 0) is 62.2 Å². The number of thiazole rings is 1. The molecule has 3 heterocycles. The Morgan fingerprint density at radius 3 is 2.73 bits per heavy atom. The van der Waals surface area contributed by atoms with Crippen LogP contribution in [0.3, 0.4) is 0 Å². The summed E-state index contributed by atoms with van der Waals surface area (Å²) in [7, 11) is 1.57. The van der Waals surface area contributed by atoms with E-state index in [9.17, 15) is 19.7 Å². The highest BCUT2D eigenvalue weighted by Gasteiger charge is 2.35. The number of hydrogen-bond acceptors (Lipinski definition) is 9. The second-order valence-corrected chi connectivity index (χ2v) is 10.0. The van der Waals surface area contributed by atoms with Crippen LogP contribution in [-0.4, -0.2) is 29.2 Å². The molecule has 0 bridgehead atoms. The summed E-state index contributed by atoms with van der Waals surface area (Å²) in [5.41, 5.74) is 2.22. The smallest absolute Gasteiger partial charge is 0.338 e. The zero-order valence-corrected chi connectivity index (χ0v) is 23.0. The maximum Gasteiger partial charge on any atom is 0.338 e. The number of fused-ring (bicyclic) bond motifs is 1. The van der Waals surface area contributed by atoms with E-state index in [1.54, 1.807) is 45.2 Å². The van der Waals surface area contributed by atoms with Crippen LogP contribution in [0.2, 0.25) is 0 Å². The number of methoxy groups -OCH3 is 1. The van der Waals surface area contributed by atoms with E-state index in [2.05, 4.69) is 4.99 Å². The largest absolute Gasteiger partial charge is 0.497 e. The van der Waals surface area contributed by atoms with Gasteiger partial charge in [-0.2, -0.15) is 0 Å². The molecule has 1 aliphatic rings. The number of nitro benzene ring substituents is 1. The number of furan rings is 1. The molecule has 4 aromatic rings. The number of ether oxygens (including phenoxy) is 2. The van der Waals surface area contributed by atoms with Crippen LogP contribution >= 0.6 is 11.3 Å². The van der Waals surface area contributed by atoms with Crippen LogP contribution in [0.25, 0.3) is 17.4 Å². The maximum absolute atomic E-state index is 13.8. The van der Waals surface area contributed by atoms with E-state index in [0.29, 0.717) is 37.9 Å². The summed E-state index contributed by atoms with van der Waals surface area (Å²) >= 11 is 1.19. The zero-order chi connectivity index (χ0) is 28.6. The number of rotatable bonds is 7. The average molecular weight is 560 g/mol. The Labute approximate surface area is 232 Å². The van der Waals surface area contributed by atoms with E-state index in [0.717, 1.165) is 11.1 Å². The summed E-state index contributed by atoms with van der Waals surface area (Å²) in [6.45, 7) is 5.34. The van der Waals surface area contributed by atoms with Gasteiger partial charge in [0.15, 0.2) is 4.80 Å². The molecule has 0 N–H and O–H groups in total. The summed E-state index contributed by atoms with van der Waals surface area (Å²) in [5, 5.41) is 11.4. The lowest BCUT2D eigenvalue weighted by molar-refractivity contribution is -0.384. The lowest BCUT2D eigenvalue weighted by Crippen LogP contribution is -2.39. The maximum atomic E-state index is 13.8. The number of hydrogen-bond donors (Lipinski definition) is 0. The van der Waals surface area contributed by atoms with Crippen LogP contribution in [0.15, 0.2) is 80.1 Å². The van der Waals surface area contributed by atoms with E-state index in [1.807, 2.05) is 31.2 Å². The van der Waals surface area contributed by atoms with Crippen LogP contribution in [0.4, 0.5) is 5.69 Å². The molecule has 0 radical (unpaired) electrons. The quantitative estimate of drug-likeness (QED) is 0.188. The summed E-state index contributed by atoms with van der Waals surface area (Å²) in [6, 6.07) is 14.2. The topological polar surface area (TPSA) is 126 Å². The number of carbonyl (C=O) groups is 1. The number of nitrogens with zero attached hydrogens (tertiary/aromatic N) is 3. The Balaban J connectivity index is 1.69. The van der Waals surface area contributed by atoms with Gasteiger partial charge in [0.25, 0.3) is 11.2 Å². The van der Waals surface area contributed by atoms with Crippen molar-refractivity contribution in [3.8, 4) is 17.1 Å². The molecule has 0 spiro atoms. The minimum atomic E-state index is -0.949. The molecule has 0 fully saturated rings. The van der Waals surface area contributed by atoms with Gasteiger partial charge in [-0.25, -0.2) is 9.79 Å². The van der Waals surface area contributed by atoms with E-state index in [4.69, 9.17) is 13.9 Å². The SMILES string of the molecule is CCOC(=O)C1=C(C)N=c2s/c(=C\c3cccc(OC)c3)c(=O)n2[C@H]1c1ccc(-c2cc([N+](=O)[O-])ccc2C)o1. The predicted molar refractivity (Wildman–Crippen MR) is 149 cm³/mol. The Kier molecular flexibility index (Phi) is 7.22. The first-order valence-electron chi connectivity index (χ1n) is 12.4. The zero-order valence-electron chi connectivity index (χ0n) is 22.2. The molecular weight excluding hydrogens is 534 g/mol. The van der Waals surface area contributed by atoms with E-state index >= 15 is 0 Å². The number of benzene rings is 2. The summed E-state index contributed by atoms with van der Waals surface area (Å²) < 4.78 is 18.7. The molecule has 2 aromatic carbocycles. The van der Waals surface area contributed by atoms with Crippen LogP contribution in [0.1, 0.15) is 36.8 Å². The fraction of sp³-hybridized carbons (Fsp3) is 0.207. The molecule has 11 heteroatoms. The third kappa shape index (κ3) is 4.87. The molecule has 0 saturated carbocycles. The number of carbonyl (C=O) groups excluding carboxylic acids is 1. The Morgan fingerprint density at radius 1 is 1.20 bits per heavy atom. The van der Waals surface area contributed by atoms with E-state index in [1.165, 1.54) is 28.0 Å². The molecule has 1 aliphatic heterocycles. The van der Waals surface area contributed by atoms with Gasteiger partial charge in [0.05, 0.1) is 34.4 Å². The van der Waals surface area contributed by atoms with Crippen LogP contribution < -0.4 is 19.6 Å². The minimum absolute atomic E-state index is 0.0768. The third-order valence-corrected chi connectivity index (χ3v) is 7.49. The van der Waals surface area contributed by atoms with Crippen molar-refractivity contribution in [3.63, 3.8) is 0 Å². The molecular formula is C29H25N3O7S. The molecule has 0 unspecified atom stereocenters. The monoisotopic (exact) mass is 559 g/mol. The Morgan fingerprint density at radius 2 is 2.00 bits per heavy atom. The molecule has 0 aliphatic carbocycles.